The van der Waals surface area contributed by atoms with Gasteiger partial charge in [0.15, 0.2) is 0 Å². The summed E-state index contributed by atoms with van der Waals surface area (Å²) >= 11 is 5.81. The van der Waals surface area contributed by atoms with Crippen LogP contribution in [0.5, 0.6) is 0 Å². The summed E-state index contributed by atoms with van der Waals surface area (Å²) in [6.45, 7) is 8.79. The van der Waals surface area contributed by atoms with Crippen molar-refractivity contribution in [2.75, 3.05) is 13.2 Å². The Bertz CT molecular complexity index is 382. The minimum atomic E-state index is -0.233. The zero-order valence-corrected chi connectivity index (χ0v) is 11.1. The molecule has 3 heteroatoms. The van der Waals surface area contributed by atoms with E-state index < -0.39 is 0 Å². The topological polar surface area (TPSA) is 21.6 Å². The van der Waals surface area contributed by atoms with E-state index in [1.54, 1.807) is 6.08 Å². The van der Waals surface area contributed by atoms with Gasteiger partial charge in [0.1, 0.15) is 0 Å². The minimum absolute atomic E-state index is 0.233. The first-order chi connectivity index (χ1) is 8.03. The van der Waals surface area contributed by atoms with Gasteiger partial charge in [0, 0.05) is 11.2 Å². The third-order valence-corrected chi connectivity index (χ3v) is 2.38. The second kappa shape index (κ2) is 6.58. The number of nitrogens with zero attached hydrogens (tertiary/aromatic N) is 1. The van der Waals surface area contributed by atoms with Gasteiger partial charge in [0.25, 0.3) is 0 Å². The first-order valence-corrected chi connectivity index (χ1v) is 5.91. The number of halogens is 1. The molecule has 0 bridgehead atoms. The molecule has 0 saturated heterocycles. The van der Waals surface area contributed by atoms with Crippen LogP contribution in [0.25, 0.3) is 0 Å². The van der Waals surface area contributed by atoms with E-state index in [9.17, 15) is 0 Å². The highest BCUT2D eigenvalue weighted by molar-refractivity contribution is 6.30. The van der Waals surface area contributed by atoms with Crippen molar-refractivity contribution in [3.05, 3.63) is 47.5 Å². The monoisotopic (exact) mass is 251 g/mol. The quantitative estimate of drug-likeness (QED) is 0.429. The summed E-state index contributed by atoms with van der Waals surface area (Å²) in [5.41, 5.74) is 0.800. The van der Waals surface area contributed by atoms with Crippen LogP contribution in [0.2, 0.25) is 5.02 Å². The first kappa shape index (κ1) is 13.9. The van der Waals surface area contributed by atoms with Gasteiger partial charge in [-0.15, -0.1) is 6.58 Å². The van der Waals surface area contributed by atoms with Crippen LogP contribution in [0.15, 0.2) is 41.9 Å². The second-order valence-electron chi connectivity index (χ2n) is 4.43. The summed E-state index contributed by atoms with van der Waals surface area (Å²) < 4.78 is 5.40. The highest BCUT2D eigenvalue weighted by atomic mass is 35.5. The molecule has 2 nitrogen and oxygen atoms in total. The molecule has 0 aromatic heterocycles. The highest BCUT2D eigenvalue weighted by Gasteiger charge is 2.14. The lowest BCUT2D eigenvalue weighted by atomic mass is 10.1. The number of ether oxygens (including phenoxy) is 1. The summed E-state index contributed by atoms with van der Waals surface area (Å²) in [5, 5.41) is 0.732. The lowest BCUT2D eigenvalue weighted by molar-refractivity contribution is 0.121. The molecule has 0 fully saturated rings. The fourth-order valence-electron chi connectivity index (χ4n) is 1.23. The summed E-state index contributed by atoms with van der Waals surface area (Å²) in [5.74, 6) is 0. The van der Waals surface area contributed by atoms with Gasteiger partial charge < -0.3 is 4.74 Å². The molecular weight excluding hydrogens is 234 g/mol. The van der Waals surface area contributed by atoms with Crippen LogP contribution in [0.3, 0.4) is 0 Å². The van der Waals surface area contributed by atoms with Crippen LogP contribution in [0.4, 0.5) is 0 Å². The van der Waals surface area contributed by atoms with Crippen molar-refractivity contribution < 1.29 is 4.74 Å². The number of hydrogen-bond acceptors (Lipinski definition) is 2. The van der Waals surface area contributed by atoms with Crippen LogP contribution in [-0.2, 0) is 4.74 Å². The molecule has 1 aromatic carbocycles. The molecule has 1 rings (SSSR count). The average Bonchev–Trinajstić information content (AvgIpc) is 2.29. The molecule has 0 heterocycles. The predicted molar refractivity (Wildman–Crippen MR) is 74.1 cm³/mol. The van der Waals surface area contributed by atoms with Gasteiger partial charge in [-0.05, 0) is 31.5 Å². The van der Waals surface area contributed by atoms with E-state index >= 15 is 0 Å². The predicted octanol–water partition coefficient (Wildman–Crippen LogP) is 3.74. The summed E-state index contributed by atoms with van der Waals surface area (Å²) in [4.78, 5) is 4.50. The smallest absolute Gasteiger partial charge is 0.0785 e. The SMILES string of the molecule is C=CCOCC(C)(C)N=Cc1ccc(Cl)cc1. The highest BCUT2D eigenvalue weighted by Crippen LogP contribution is 2.11. The molecule has 0 amide bonds. The van der Waals surface area contributed by atoms with E-state index in [1.807, 2.05) is 44.3 Å². The molecule has 92 valence electrons. The fourth-order valence-corrected chi connectivity index (χ4v) is 1.35. The molecular formula is C14H18ClNO. The fraction of sp³-hybridized carbons (Fsp3) is 0.357. The molecule has 0 aliphatic rings. The van der Waals surface area contributed by atoms with E-state index in [-0.39, 0.29) is 5.54 Å². The van der Waals surface area contributed by atoms with Gasteiger partial charge >= 0.3 is 0 Å². The van der Waals surface area contributed by atoms with Crippen molar-refractivity contribution in [2.24, 2.45) is 4.99 Å². The van der Waals surface area contributed by atoms with Gasteiger partial charge in [-0.3, -0.25) is 4.99 Å². The van der Waals surface area contributed by atoms with Gasteiger partial charge in [-0.2, -0.15) is 0 Å². The molecule has 0 spiro atoms. The van der Waals surface area contributed by atoms with Gasteiger partial charge in [0.2, 0.25) is 0 Å². The van der Waals surface area contributed by atoms with E-state index in [0.29, 0.717) is 13.2 Å². The van der Waals surface area contributed by atoms with Gasteiger partial charge in [-0.25, -0.2) is 0 Å². The Hall–Kier alpha value is -1.12. The first-order valence-electron chi connectivity index (χ1n) is 5.53. The number of hydrogen-bond donors (Lipinski definition) is 0. The largest absolute Gasteiger partial charge is 0.375 e. The van der Waals surface area contributed by atoms with Crippen molar-refractivity contribution in [1.29, 1.82) is 0 Å². The Morgan fingerprint density at radius 2 is 2.00 bits per heavy atom. The molecule has 0 aliphatic heterocycles. The van der Waals surface area contributed by atoms with Crippen LogP contribution >= 0.6 is 11.6 Å². The maximum atomic E-state index is 5.81. The third-order valence-electron chi connectivity index (χ3n) is 2.12. The average molecular weight is 252 g/mol. The Labute approximate surface area is 108 Å². The van der Waals surface area contributed by atoms with Crippen molar-refractivity contribution in [3.63, 3.8) is 0 Å². The molecule has 17 heavy (non-hydrogen) atoms. The van der Waals surface area contributed by atoms with Crippen LogP contribution in [0.1, 0.15) is 19.4 Å². The van der Waals surface area contributed by atoms with Crippen LogP contribution < -0.4 is 0 Å². The Morgan fingerprint density at radius 3 is 2.59 bits per heavy atom. The van der Waals surface area contributed by atoms with Gasteiger partial charge in [0.05, 0.1) is 18.8 Å². The van der Waals surface area contributed by atoms with E-state index in [1.165, 1.54) is 0 Å². The number of aliphatic imine (C=N–C) groups is 1. The molecule has 0 unspecified atom stereocenters. The summed E-state index contributed by atoms with van der Waals surface area (Å²) in [6, 6.07) is 7.58. The zero-order chi connectivity index (χ0) is 12.7. The molecule has 1 aromatic rings. The van der Waals surface area contributed by atoms with Crippen molar-refractivity contribution in [2.45, 2.75) is 19.4 Å². The molecule has 0 N–H and O–H groups in total. The Morgan fingerprint density at radius 1 is 1.35 bits per heavy atom. The Balaban J connectivity index is 2.56. The van der Waals surface area contributed by atoms with Crippen molar-refractivity contribution in [3.8, 4) is 0 Å². The molecule has 0 aliphatic carbocycles. The normalized spacial score (nSPS) is 11.9. The van der Waals surface area contributed by atoms with Crippen LogP contribution in [0, 0.1) is 0 Å². The van der Waals surface area contributed by atoms with E-state index in [4.69, 9.17) is 16.3 Å². The van der Waals surface area contributed by atoms with Crippen molar-refractivity contribution >= 4 is 17.8 Å². The number of rotatable bonds is 6. The lowest BCUT2D eigenvalue weighted by Crippen LogP contribution is -2.24. The van der Waals surface area contributed by atoms with Crippen LogP contribution in [-0.4, -0.2) is 25.0 Å². The third kappa shape index (κ3) is 5.66. The summed E-state index contributed by atoms with van der Waals surface area (Å²) in [6.07, 6.45) is 3.58. The lowest BCUT2D eigenvalue weighted by Gasteiger charge is -2.18. The zero-order valence-electron chi connectivity index (χ0n) is 10.3. The second-order valence-corrected chi connectivity index (χ2v) is 4.86. The minimum Gasteiger partial charge on any atom is -0.375 e. The molecule has 0 radical (unpaired) electrons. The Kier molecular flexibility index (Phi) is 5.39. The van der Waals surface area contributed by atoms with E-state index in [2.05, 4.69) is 11.6 Å². The van der Waals surface area contributed by atoms with Crippen molar-refractivity contribution in [1.82, 2.24) is 0 Å². The molecule has 0 atom stereocenters. The van der Waals surface area contributed by atoms with Gasteiger partial charge in [-0.1, -0.05) is 29.8 Å². The summed E-state index contributed by atoms with van der Waals surface area (Å²) in [7, 11) is 0. The number of benzene rings is 1. The standard InChI is InChI=1S/C14H18ClNO/c1-4-9-17-11-14(2,3)16-10-12-5-7-13(15)8-6-12/h4-8,10H,1,9,11H2,2-3H3. The van der Waals surface area contributed by atoms with E-state index in [0.717, 1.165) is 10.6 Å². The maximum Gasteiger partial charge on any atom is 0.0785 e. The molecule has 0 saturated carbocycles. The maximum absolute atomic E-state index is 5.81.